The Balaban J connectivity index is 2.24. The van der Waals surface area contributed by atoms with Crippen LogP contribution in [-0.4, -0.2) is 9.78 Å². The normalized spacial score (nSPS) is 12.7. The van der Waals surface area contributed by atoms with Gasteiger partial charge in [0.1, 0.15) is 0 Å². The van der Waals surface area contributed by atoms with Crippen LogP contribution < -0.4 is 5.73 Å². The summed E-state index contributed by atoms with van der Waals surface area (Å²) in [5, 5.41) is 4.92. The van der Waals surface area contributed by atoms with E-state index in [1.165, 1.54) is 16.7 Å². The van der Waals surface area contributed by atoms with Crippen LogP contribution in [0, 0.1) is 20.8 Å². The molecule has 1 unspecified atom stereocenters. The Bertz CT molecular complexity index is 560. The Hall–Kier alpha value is -1.32. The molecule has 0 fully saturated rings. The molecule has 4 heteroatoms. The van der Waals surface area contributed by atoms with Gasteiger partial charge in [-0.2, -0.15) is 5.10 Å². The first kappa shape index (κ1) is 13.1. The van der Waals surface area contributed by atoms with E-state index in [0.29, 0.717) is 11.6 Å². The minimum atomic E-state index is -0.0698. The van der Waals surface area contributed by atoms with E-state index in [1.54, 1.807) is 6.20 Å². The smallest absolute Gasteiger partial charge is 0.0814 e. The van der Waals surface area contributed by atoms with E-state index >= 15 is 0 Å². The molecule has 1 aromatic heterocycles. The summed E-state index contributed by atoms with van der Waals surface area (Å²) in [5.41, 5.74) is 10.8. The molecule has 3 nitrogen and oxygen atoms in total. The summed E-state index contributed by atoms with van der Waals surface area (Å²) in [6.45, 7) is 6.75. The zero-order chi connectivity index (χ0) is 13.3. The minimum Gasteiger partial charge on any atom is -0.322 e. The maximum atomic E-state index is 6.27. The predicted octanol–water partition coefficient (Wildman–Crippen LogP) is 3.16. The zero-order valence-electron chi connectivity index (χ0n) is 10.9. The Labute approximate surface area is 113 Å². The summed E-state index contributed by atoms with van der Waals surface area (Å²) < 4.78 is 1.86. The van der Waals surface area contributed by atoms with Gasteiger partial charge in [0, 0.05) is 6.04 Å². The molecule has 0 aliphatic carbocycles. The highest BCUT2D eigenvalue weighted by atomic mass is 35.5. The Morgan fingerprint density at radius 2 is 2.06 bits per heavy atom. The number of benzene rings is 1. The monoisotopic (exact) mass is 263 g/mol. The molecular formula is C14H18ClN3. The average molecular weight is 264 g/mol. The molecule has 96 valence electrons. The summed E-state index contributed by atoms with van der Waals surface area (Å²) in [5.74, 6) is 0. The quantitative estimate of drug-likeness (QED) is 0.924. The Morgan fingerprint density at radius 1 is 1.33 bits per heavy atom. The summed E-state index contributed by atoms with van der Waals surface area (Å²) >= 11 is 5.99. The summed E-state index contributed by atoms with van der Waals surface area (Å²) in [6, 6.07) is 6.27. The second-order valence-electron chi connectivity index (χ2n) is 4.73. The lowest BCUT2D eigenvalue weighted by Gasteiger charge is -2.16. The highest BCUT2D eigenvalue weighted by molar-refractivity contribution is 6.31. The number of rotatable bonds is 3. The fraction of sp³-hybridized carbons (Fsp3) is 0.357. The van der Waals surface area contributed by atoms with Gasteiger partial charge >= 0.3 is 0 Å². The van der Waals surface area contributed by atoms with Crippen LogP contribution in [0.15, 0.2) is 24.4 Å². The van der Waals surface area contributed by atoms with E-state index in [2.05, 4.69) is 37.1 Å². The van der Waals surface area contributed by atoms with Crippen molar-refractivity contribution in [3.8, 4) is 0 Å². The molecule has 18 heavy (non-hydrogen) atoms. The largest absolute Gasteiger partial charge is 0.322 e. The van der Waals surface area contributed by atoms with E-state index in [4.69, 9.17) is 17.3 Å². The molecule has 0 bridgehead atoms. The van der Waals surface area contributed by atoms with E-state index in [1.807, 2.05) is 11.6 Å². The number of aromatic nitrogens is 2. The third kappa shape index (κ3) is 2.57. The number of nitrogens with two attached hydrogens (primary N) is 1. The van der Waals surface area contributed by atoms with Crippen LogP contribution in [0.4, 0.5) is 0 Å². The van der Waals surface area contributed by atoms with E-state index in [-0.39, 0.29) is 6.04 Å². The summed E-state index contributed by atoms with van der Waals surface area (Å²) in [6.07, 6.45) is 1.66. The lowest BCUT2D eigenvalue weighted by Crippen LogP contribution is -2.20. The van der Waals surface area contributed by atoms with E-state index < -0.39 is 0 Å². The van der Waals surface area contributed by atoms with Gasteiger partial charge in [-0.15, -0.1) is 0 Å². The third-order valence-corrected chi connectivity index (χ3v) is 3.62. The first-order valence-corrected chi connectivity index (χ1v) is 6.37. The van der Waals surface area contributed by atoms with Crippen LogP contribution in [0.3, 0.4) is 0 Å². The van der Waals surface area contributed by atoms with Gasteiger partial charge < -0.3 is 5.73 Å². The number of nitrogens with zero attached hydrogens (tertiary/aromatic N) is 2. The van der Waals surface area contributed by atoms with Gasteiger partial charge in [-0.3, -0.25) is 4.68 Å². The van der Waals surface area contributed by atoms with Gasteiger partial charge in [-0.1, -0.05) is 35.4 Å². The van der Waals surface area contributed by atoms with Crippen molar-refractivity contribution >= 4 is 11.6 Å². The van der Waals surface area contributed by atoms with Crippen LogP contribution >= 0.6 is 11.6 Å². The molecule has 0 saturated carbocycles. The third-order valence-electron chi connectivity index (χ3n) is 3.25. The van der Waals surface area contributed by atoms with Gasteiger partial charge in [-0.05, 0) is 31.9 Å². The molecule has 0 radical (unpaired) electrons. The van der Waals surface area contributed by atoms with Crippen LogP contribution in [0.25, 0.3) is 0 Å². The molecule has 0 aliphatic heterocycles. The molecule has 0 aliphatic rings. The standard InChI is InChI=1S/C14H18ClN3/c1-9-4-5-10(2)12(6-9)14(16)8-18-11(3)13(15)7-17-18/h4-7,14H,8,16H2,1-3H3. The van der Waals surface area contributed by atoms with Crippen molar-refractivity contribution in [3.05, 3.63) is 51.8 Å². The Kier molecular flexibility index (Phi) is 3.73. The van der Waals surface area contributed by atoms with Crippen LogP contribution in [0.2, 0.25) is 5.02 Å². The van der Waals surface area contributed by atoms with E-state index in [0.717, 1.165) is 5.69 Å². The summed E-state index contributed by atoms with van der Waals surface area (Å²) in [4.78, 5) is 0. The molecule has 0 amide bonds. The van der Waals surface area contributed by atoms with Crippen molar-refractivity contribution < 1.29 is 0 Å². The molecular weight excluding hydrogens is 246 g/mol. The zero-order valence-corrected chi connectivity index (χ0v) is 11.7. The van der Waals surface area contributed by atoms with Crippen molar-refractivity contribution in [1.82, 2.24) is 9.78 Å². The molecule has 0 saturated heterocycles. The van der Waals surface area contributed by atoms with Gasteiger partial charge in [0.25, 0.3) is 0 Å². The van der Waals surface area contributed by atoms with Crippen molar-refractivity contribution in [2.24, 2.45) is 5.73 Å². The lowest BCUT2D eigenvalue weighted by molar-refractivity contribution is 0.515. The second kappa shape index (κ2) is 5.12. The van der Waals surface area contributed by atoms with Crippen molar-refractivity contribution in [2.75, 3.05) is 0 Å². The van der Waals surface area contributed by atoms with Crippen molar-refractivity contribution in [2.45, 2.75) is 33.4 Å². The second-order valence-corrected chi connectivity index (χ2v) is 5.13. The lowest BCUT2D eigenvalue weighted by atomic mass is 9.99. The average Bonchev–Trinajstić information content (AvgIpc) is 2.64. The fourth-order valence-electron chi connectivity index (χ4n) is 2.05. The first-order chi connectivity index (χ1) is 8.49. The Morgan fingerprint density at radius 3 is 2.67 bits per heavy atom. The predicted molar refractivity (Wildman–Crippen MR) is 74.8 cm³/mol. The summed E-state index contributed by atoms with van der Waals surface area (Å²) in [7, 11) is 0. The van der Waals surface area contributed by atoms with Crippen LogP contribution in [0.5, 0.6) is 0 Å². The highest BCUT2D eigenvalue weighted by Gasteiger charge is 2.12. The molecule has 1 aromatic carbocycles. The molecule has 2 aromatic rings. The topological polar surface area (TPSA) is 43.8 Å². The molecule has 2 rings (SSSR count). The van der Waals surface area contributed by atoms with Gasteiger partial charge in [0.15, 0.2) is 0 Å². The molecule has 0 spiro atoms. The van der Waals surface area contributed by atoms with Gasteiger partial charge in [0.05, 0.1) is 23.5 Å². The first-order valence-electron chi connectivity index (χ1n) is 5.99. The highest BCUT2D eigenvalue weighted by Crippen LogP contribution is 2.21. The minimum absolute atomic E-state index is 0.0698. The van der Waals surface area contributed by atoms with Crippen LogP contribution in [-0.2, 0) is 6.54 Å². The molecule has 2 N–H and O–H groups in total. The number of halogens is 1. The molecule has 1 heterocycles. The van der Waals surface area contributed by atoms with E-state index in [9.17, 15) is 0 Å². The van der Waals surface area contributed by atoms with Crippen molar-refractivity contribution in [1.29, 1.82) is 0 Å². The number of hydrogen-bond acceptors (Lipinski definition) is 2. The maximum Gasteiger partial charge on any atom is 0.0814 e. The van der Waals surface area contributed by atoms with Crippen LogP contribution in [0.1, 0.15) is 28.4 Å². The van der Waals surface area contributed by atoms with Crippen molar-refractivity contribution in [3.63, 3.8) is 0 Å². The van der Waals surface area contributed by atoms with Gasteiger partial charge in [-0.25, -0.2) is 0 Å². The fourth-order valence-corrected chi connectivity index (χ4v) is 2.19. The number of aryl methyl sites for hydroxylation is 2. The molecule has 1 atom stereocenters. The number of hydrogen-bond donors (Lipinski definition) is 1. The SMILES string of the molecule is Cc1ccc(C)c(C(N)Cn2ncc(Cl)c2C)c1. The van der Waals surface area contributed by atoms with Gasteiger partial charge in [0.2, 0.25) is 0 Å². The maximum absolute atomic E-state index is 6.27.